The molecule has 2 N–H and O–H groups in total. The van der Waals surface area contributed by atoms with Crippen LogP contribution in [0.1, 0.15) is 23.1 Å². The van der Waals surface area contributed by atoms with E-state index in [2.05, 4.69) is 26.6 Å². The molecule has 0 radical (unpaired) electrons. The van der Waals surface area contributed by atoms with Gasteiger partial charge in [-0.15, -0.1) is 0 Å². The molecule has 1 heterocycles. The highest BCUT2D eigenvalue weighted by molar-refractivity contribution is 9.10. The molecule has 2 aromatic carbocycles. The summed E-state index contributed by atoms with van der Waals surface area (Å²) in [6, 6.07) is 13.5. The van der Waals surface area contributed by atoms with E-state index in [-0.39, 0.29) is 30.7 Å². The lowest BCUT2D eigenvalue weighted by Gasteiger charge is -2.17. The molecule has 0 saturated carbocycles. The highest BCUT2D eigenvalue weighted by Crippen LogP contribution is 2.21. The van der Waals surface area contributed by atoms with Gasteiger partial charge in [-0.2, -0.15) is 0 Å². The number of hydrogen-bond donors (Lipinski definition) is 2. The van der Waals surface area contributed by atoms with Gasteiger partial charge in [-0.1, -0.05) is 45.8 Å². The third kappa shape index (κ3) is 5.67. The molecule has 1 aliphatic rings. The SMILES string of the molecule is Cc1ccc(CN2CC(C(=O)NCC(=O)Nc3ccc(Br)cc3C)CC2=O)cc1. The highest BCUT2D eigenvalue weighted by Gasteiger charge is 2.34. The van der Waals surface area contributed by atoms with E-state index in [1.807, 2.05) is 50.2 Å². The monoisotopic (exact) mass is 457 g/mol. The van der Waals surface area contributed by atoms with Gasteiger partial charge in [-0.3, -0.25) is 14.4 Å². The van der Waals surface area contributed by atoms with Gasteiger partial charge in [0, 0.05) is 29.7 Å². The van der Waals surface area contributed by atoms with Crippen LogP contribution in [0.4, 0.5) is 5.69 Å². The molecule has 0 aromatic heterocycles. The summed E-state index contributed by atoms with van der Waals surface area (Å²) in [5.41, 5.74) is 3.82. The number of nitrogens with zero attached hydrogens (tertiary/aromatic N) is 1. The number of nitrogens with one attached hydrogen (secondary N) is 2. The predicted octanol–water partition coefficient (Wildman–Crippen LogP) is 3.17. The largest absolute Gasteiger partial charge is 0.347 e. The van der Waals surface area contributed by atoms with Crippen molar-refractivity contribution in [2.45, 2.75) is 26.8 Å². The standard InChI is InChI=1S/C22H24BrN3O3/c1-14-3-5-16(6-4-14)12-26-13-17(10-21(26)28)22(29)24-11-20(27)25-19-8-7-18(23)9-15(19)2/h3-9,17H,10-13H2,1-2H3,(H,24,29)(H,25,27). The zero-order valence-corrected chi connectivity index (χ0v) is 18.1. The van der Waals surface area contributed by atoms with Crippen LogP contribution >= 0.6 is 15.9 Å². The van der Waals surface area contributed by atoms with Gasteiger partial charge in [0.15, 0.2) is 0 Å². The number of aryl methyl sites for hydroxylation is 2. The Kier molecular flexibility index (Phi) is 6.69. The maximum atomic E-state index is 12.4. The molecule has 0 aliphatic carbocycles. The summed E-state index contributed by atoms with van der Waals surface area (Å²) in [6.45, 7) is 4.64. The van der Waals surface area contributed by atoms with Crippen LogP contribution in [0.5, 0.6) is 0 Å². The topological polar surface area (TPSA) is 78.5 Å². The Labute approximate surface area is 178 Å². The molecule has 1 saturated heterocycles. The molecule has 1 unspecified atom stereocenters. The first-order valence-electron chi connectivity index (χ1n) is 9.49. The van der Waals surface area contributed by atoms with Crippen molar-refractivity contribution in [2.75, 3.05) is 18.4 Å². The number of rotatable bonds is 6. The minimum absolute atomic E-state index is 0.0411. The maximum Gasteiger partial charge on any atom is 0.243 e. The Bertz CT molecular complexity index is 927. The molecule has 1 atom stereocenters. The van der Waals surface area contributed by atoms with Crippen molar-refractivity contribution >= 4 is 39.3 Å². The van der Waals surface area contributed by atoms with E-state index < -0.39 is 5.92 Å². The third-order valence-electron chi connectivity index (χ3n) is 4.97. The number of likely N-dealkylation sites (tertiary alicyclic amines) is 1. The van der Waals surface area contributed by atoms with Gasteiger partial charge in [0.2, 0.25) is 17.7 Å². The smallest absolute Gasteiger partial charge is 0.243 e. The molecule has 0 spiro atoms. The first kappa shape index (κ1) is 21.0. The van der Waals surface area contributed by atoms with Crippen LogP contribution in [0.3, 0.4) is 0 Å². The second-order valence-corrected chi connectivity index (χ2v) is 8.30. The quantitative estimate of drug-likeness (QED) is 0.698. The lowest BCUT2D eigenvalue weighted by Crippen LogP contribution is -2.37. The summed E-state index contributed by atoms with van der Waals surface area (Å²) < 4.78 is 0.933. The summed E-state index contributed by atoms with van der Waals surface area (Å²) in [5, 5.41) is 5.44. The third-order valence-corrected chi connectivity index (χ3v) is 5.46. The van der Waals surface area contributed by atoms with Gasteiger partial charge >= 0.3 is 0 Å². The number of anilines is 1. The average Bonchev–Trinajstić information content (AvgIpc) is 3.04. The Morgan fingerprint density at radius 2 is 1.86 bits per heavy atom. The van der Waals surface area contributed by atoms with Crippen LogP contribution < -0.4 is 10.6 Å². The minimum atomic E-state index is -0.435. The van der Waals surface area contributed by atoms with Crippen molar-refractivity contribution in [3.8, 4) is 0 Å². The van der Waals surface area contributed by atoms with Crippen LogP contribution in [-0.4, -0.2) is 35.7 Å². The number of carbonyl (C=O) groups is 3. The Hall–Kier alpha value is -2.67. The van der Waals surface area contributed by atoms with Gasteiger partial charge < -0.3 is 15.5 Å². The molecule has 3 amide bonds. The lowest BCUT2D eigenvalue weighted by atomic mass is 10.1. The molecule has 1 aliphatic heterocycles. The van der Waals surface area contributed by atoms with E-state index in [4.69, 9.17) is 0 Å². The normalized spacial score (nSPS) is 16.0. The average molecular weight is 458 g/mol. The second kappa shape index (κ2) is 9.22. The van der Waals surface area contributed by atoms with Crippen molar-refractivity contribution in [3.05, 3.63) is 63.6 Å². The number of amides is 3. The molecule has 29 heavy (non-hydrogen) atoms. The zero-order chi connectivity index (χ0) is 21.0. The lowest BCUT2D eigenvalue weighted by molar-refractivity contribution is -0.129. The van der Waals surface area contributed by atoms with Crippen molar-refractivity contribution in [1.29, 1.82) is 0 Å². The van der Waals surface area contributed by atoms with Crippen LogP contribution in [0.25, 0.3) is 0 Å². The summed E-state index contributed by atoms with van der Waals surface area (Å²) in [4.78, 5) is 38.5. The van der Waals surface area contributed by atoms with Gasteiger partial charge in [0.25, 0.3) is 0 Å². The van der Waals surface area contributed by atoms with Gasteiger partial charge in [-0.25, -0.2) is 0 Å². The van der Waals surface area contributed by atoms with Crippen LogP contribution in [-0.2, 0) is 20.9 Å². The van der Waals surface area contributed by atoms with E-state index in [0.717, 1.165) is 21.2 Å². The molecular weight excluding hydrogens is 434 g/mol. The van der Waals surface area contributed by atoms with E-state index >= 15 is 0 Å². The first-order chi connectivity index (χ1) is 13.8. The molecule has 7 heteroatoms. The van der Waals surface area contributed by atoms with Crippen molar-refractivity contribution in [3.63, 3.8) is 0 Å². The fourth-order valence-electron chi connectivity index (χ4n) is 3.29. The van der Waals surface area contributed by atoms with E-state index in [0.29, 0.717) is 18.8 Å². The van der Waals surface area contributed by atoms with Crippen LogP contribution in [0.2, 0.25) is 0 Å². The Balaban J connectivity index is 1.48. The van der Waals surface area contributed by atoms with Crippen molar-refractivity contribution in [1.82, 2.24) is 10.2 Å². The number of hydrogen-bond acceptors (Lipinski definition) is 3. The molecule has 2 aromatic rings. The highest BCUT2D eigenvalue weighted by atomic mass is 79.9. The maximum absolute atomic E-state index is 12.4. The summed E-state index contributed by atoms with van der Waals surface area (Å²) in [7, 11) is 0. The predicted molar refractivity (Wildman–Crippen MR) is 115 cm³/mol. The van der Waals surface area contributed by atoms with Crippen LogP contribution in [0.15, 0.2) is 46.9 Å². The zero-order valence-electron chi connectivity index (χ0n) is 16.5. The summed E-state index contributed by atoms with van der Waals surface area (Å²) in [5.74, 6) is -1.05. The summed E-state index contributed by atoms with van der Waals surface area (Å²) >= 11 is 3.38. The van der Waals surface area contributed by atoms with E-state index in [9.17, 15) is 14.4 Å². The van der Waals surface area contributed by atoms with Gasteiger partial charge in [-0.05, 0) is 43.2 Å². The van der Waals surface area contributed by atoms with E-state index in [1.165, 1.54) is 0 Å². The van der Waals surface area contributed by atoms with Crippen molar-refractivity contribution < 1.29 is 14.4 Å². The molecule has 1 fully saturated rings. The fourth-order valence-corrected chi connectivity index (χ4v) is 3.76. The molecule has 152 valence electrons. The van der Waals surface area contributed by atoms with Gasteiger partial charge in [0.1, 0.15) is 0 Å². The number of benzene rings is 2. The Morgan fingerprint density at radius 3 is 2.55 bits per heavy atom. The second-order valence-electron chi connectivity index (χ2n) is 7.39. The van der Waals surface area contributed by atoms with Crippen molar-refractivity contribution in [2.24, 2.45) is 5.92 Å². The molecule has 3 rings (SSSR count). The molecule has 0 bridgehead atoms. The van der Waals surface area contributed by atoms with Crippen LogP contribution in [0, 0.1) is 19.8 Å². The molecular formula is C22H24BrN3O3. The molecule has 6 nitrogen and oxygen atoms in total. The first-order valence-corrected chi connectivity index (χ1v) is 10.3. The van der Waals surface area contributed by atoms with E-state index in [1.54, 1.807) is 11.0 Å². The number of halogens is 1. The summed E-state index contributed by atoms with van der Waals surface area (Å²) in [6.07, 6.45) is 0.172. The van der Waals surface area contributed by atoms with Gasteiger partial charge in [0.05, 0.1) is 12.5 Å². The number of carbonyl (C=O) groups excluding carboxylic acids is 3. The Morgan fingerprint density at radius 1 is 1.14 bits per heavy atom. The fraction of sp³-hybridized carbons (Fsp3) is 0.318. The minimum Gasteiger partial charge on any atom is -0.347 e.